The summed E-state index contributed by atoms with van der Waals surface area (Å²) in [5.74, 6) is -0.502. The molecule has 1 amide bonds. The molecule has 0 bridgehead atoms. The molecule has 3 N–H and O–H groups in total. The van der Waals surface area contributed by atoms with E-state index in [0.29, 0.717) is 24.2 Å². The number of hydrogen-bond donors (Lipinski definition) is 3. The van der Waals surface area contributed by atoms with E-state index in [0.717, 1.165) is 11.1 Å². The van der Waals surface area contributed by atoms with Gasteiger partial charge in [0.1, 0.15) is 6.61 Å². The molecule has 7 heteroatoms. The van der Waals surface area contributed by atoms with Crippen LogP contribution in [-0.4, -0.2) is 41.8 Å². The number of amides is 1. The molecular formula is C23H30N2O5. The number of rotatable bonds is 10. The number of aliphatic hydroxyl groups is 2. The van der Waals surface area contributed by atoms with Crippen molar-refractivity contribution in [3.63, 3.8) is 0 Å². The average molecular weight is 415 g/mol. The minimum Gasteiger partial charge on any atom is -0.460 e. The molecule has 0 aliphatic carbocycles. The Hall–Kier alpha value is -2.74. The zero-order valence-corrected chi connectivity index (χ0v) is 17.7. The normalized spacial score (nSPS) is 11.9. The van der Waals surface area contributed by atoms with Crippen LogP contribution in [0.25, 0.3) is 0 Å². The number of ether oxygens (including phenoxy) is 1. The number of nitrogens with zero attached hydrogens (tertiary/aromatic N) is 1. The van der Waals surface area contributed by atoms with E-state index >= 15 is 0 Å². The molecule has 1 unspecified atom stereocenters. The zero-order chi connectivity index (χ0) is 22.1. The Bertz CT molecular complexity index is 818. The van der Waals surface area contributed by atoms with Crippen LogP contribution in [0.15, 0.2) is 48.5 Å². The standard InChI is InChI=1S/C23H30N2O5/c1-16(2)22(28)19-8-10-21(11-9-19)25(17(3)27)24-13-12-18-4-6-20(7-5-18)23(29)30-15-14-26/h4-11,16,22,24,26,28H,12-15H2,1-3H3. The predicted molar refractivity (Wildman–Crippen MR) is 115 cm³/mol. The molecule has 2 rings (SSSR count). The van der Waals surface area contributed by atoms with E-state index in [1.165, 1.54) is 11.9 Å². The molecule has 0 fully saturated rings. The maximum Gasteiger partial charge on any atom is 0.338 e. The molecule has 30 heavy (non-hydrogen) atoms. The molecule has 0 aromatic heterocycles. The Labute approximate surface area is 177 Å². The lowest BCUT2D eigenvalue weighted by molar-refractivity contribution is -0.117. The third-order valence-electron chi connectivity index (χ3n) is 4.64. The van der Waals surface area contributed by atoms with Crippen LogP contribution >= 0.6 is 0 Å². The zero-order valence-electron chi connectivity index (χ0n) is 17.7. The number of nitrogens with one attached hydrogen (secondary N) is 1. The van der Waals surface area contributed by atoms with Gasteiger partial charge in [-0.15, -0.1) is 0 Å². The smallest absolute Gasteiger partial charge is 0.338 e. The lowest BCUT2D eigenvalue weighted by Crippen LogP contribution is -2.42. The van der Waals surface area contributed by atoms with Crippen LogP contribution in [0.2, 0.25) is 0 Å². The summed E-state index contributed by atoms with van der Waals surface area (Å²) in [6, 6.07) is 14.3. The molecule has 0 heterocycles. The Balaban J connectivity index is 1.94. The lowest BCUT2D eigenvalue weighted by Gasteiger charge is -2.23. The highest BCUT2D eigenvalue weighted by molar-refractivity contribution is 5.90. The van der Waals surface area contributed by atoms with Crippen molar-refractivity contribution in [2.24, 2.45) is 5.92 Å². The van der Waals surface area contributed by atoms with E-state index in [-0.39, 0.29) is 25.0 Å². The van der Waals surface area contributed by atoms with Gasteiger partial charge >= 0.3 is 5.97 Å². The fourth-order valence-corrected chi connectivity index (χ4v) is 2.93. The minimum atomic E-state index is -0.540. The number of carbonyl (C=O) groups excluding carboxylic acids is 2. The van der Waals surface area contributed by atoms with Gasteiger partial charge in [0.2, 0.25) is 5.91 Å². The van der Waals surface area contributed by atoms with E-state index in [1.807, 2.05) is 50.2 Å². The summed E-state index contributed by atoms with van der Waals surface area (Å²) >= 11 is 0. The van der Waals surface area contributed by atoms with Crippen molar-refractivity contribution in [2.45, 2.75) is 33.3 Å². The fourth-order valence-electron chi connectivity index (χ4n) is 2.93. The maximum atomic E-state index is 12.1. The highest BCUT2D eigenvalue weighted by atomic mass is 16.5. The van der Waals surface area contributed by atoms with E-state index < -0.39 is 12.1 Å². The van der Waals surface area contributed by atoms with E-state index in [4.69, 9.17) is 9.84 Å². The molecule has 7 nitrogen and oxygen atoms in total. The largest absolute Gasteiger partial charge is 0.460 e. The van der Waals surface area contributed by atoms with Gasteiger partial charge in [0.25, 0.3) is 0 Å². The number of anilines is 1. The second-order valence-corrected chi connectivity index (χ2v) is 7.35. The Kier molecular flexibility index (Phi) is 8.98. The molecule has 0 aliphatic heterocycles. The second kappa shape index (κ2) is 11.4. The number of benzene rings is 2. The predicted octanol–water partition coefficient (Wildman–Crippen LogP) is 2.63. The molecule has 0 spiro atoms. The summed E-state index contributed by atoms with van der Waals surface area (Å²) in [5, 5.41) is 20.3. The third-order valence-corrected chi connectivity index (χ3v) is 4.64. The fraction of sp³-hybridized carbons (Fsp3) is 0.391. The van der Waals surface area contributed by atoms with Gasteiger partial charge in [-0.2, -0.15) is 0 Å². The van der Waals surface area contributed by atoms with Gasteiger partial charge in [-0.05, 0) is 47.7 Å². The van der Waals surface area contributed by atoms with E-state index in [9.17, 15) is 14.7 Å². The first-order chi connectivity index (χ1) is 14.3. The number of esters is 1. The van der Waals surface area contributed by atoms with Gasteiger partial charge in [-0.1, -0.05) is 38.1 Å². The first-order valence-corrected chi connectivity index (χ1v) is 10.0. The Morgan fingerprint density at radius 3 is 2.23 bits per heavy atom. The van der Waals surface area contributed by atoms with Crippen LogP contribution in [0, 0.1) is 5.92 Å². The first kappa shape index (κ1) is 23.5. The number of aliphatic hydroxyl groups excluding tert-OH is 2. The summed E-state index contributed by atoms with van der Waals surface area (Å²) < 4.78 is 4.88. The first-order valence-electron chi connectivity index (χ1n) is 10.0. The van der Waals surface area contributed by atoms with Crippen LogP contribution < -0.4 is 10.4 Å². The summed E-state index contributed by atoms with van der Waals surface area (Å²) in [7, 11) is 0. The summed E-state index contributed by atoms with van der Waals surface area (Å²) in [6.45, 7) is 5.67. The molecule has 1 atom stereocenters. The highest BCUT2D eigenvalue weighted by Gasteiger charge is 2.15. The van der Waals surface area contributed by atoms with Crippen molar-refractivity contribution in [2.75, 3.05) is 24.8 Å². The Morgan fingerprint density at radius 1 is 1.07 bits per heavy atom. The number of hydrogen-bond acceptors (Lipinski definition) is 6. The SMILES string of the molecule is CC(=O)N(NCCc1ccc(C(=O)OCCO)cc1)c1ccc(C(O)C(C)C)cc1. The monoisotopic (exact) mass is 414 g/mol. The van der Waals surface area contributed by atoms with E-state index in [1.54, 1.807) is 12.1 Å². The summed E-state index contributed by atoms with van der Waals surface area (Å²) in [6.07, 6.45) is 0.113. The van der Waals surface area contributed by atoms with E-state index in [2.05, 4.69) is 5.43 Å². The molecule has 2 aromatic carbocycles. The summed E-state index contributed by atoms with van der Waals surface area (Å²) in [4.78, 5) is 23.8. The summed E-state index contributed by atoms with van der Waals surface area (Å²) in [5.41, 5.74) is 6.06. The number of carbonyl (C=O) groups is 2. The molecule has 0 radical (unpaired) electrons. The van der Waals surface area contributed by atoms with Crippen LogP contribution in [0.1, 0.15) is 48.4 Å². The molecule has 0 saturated heterocycles. The van der Waals surface area contributed by atoms with Crippen LogP contribution in [0.3, 0.4) is 0 Å². The lowest BCUT2D eigenvalue weighted by atomic mass is 9.99. The molecular weight excluding hydrogens is 384 g/mol. The van der Waals surface area contributed by atoms with Crippen molar-refractivity contribution in [3.8, 4) is 0 Å². The quantitative estimate of drug-likeness (QED) is 0.408. The van der Waals surface area contributed by atoms with Crippen molar-refractivity contribution in [1.82, 2.24) is 5.43 Å². The molecule has 162 valence electrons. The molecule has 0 aliphatic rings. The van der Waals surface area contributed by atoms with Crippen molar-refractivity contribution in [3.05, 3.63) is 65.2 Å². The van der Waals surface area contributed by atoms with Gasteiger partial charge in [-0.3, -0.25) is 4.79 Å². The van der Waals surface area contributed by atoms with Gasteiger partial charge < -0.3 is 14.9 Å². The maximum absolute atomic E-state index is 12.1. The third kappa shape index (κ3) is 6.66. The van der Waals surface area contributed by atoms with Gasteiger partial charge in [0, 0.05) is 13.5 Å². The van der Waals surface area contributed by atoms with Crippen LogP contribution in [0.5, 0.6) is 0 Å². The molecule has 2 aromatic rings. The van der Waals surface area contributed by atoms with Crippen LogP contribution in [0.4, 0.5) is 5.69 Å². The van der Waals surface area contributed by atoms with Gasteiger partial charge in [0.15, 0.2) is 0 Å². The van der Waals surface area contributed by atoms with Crippen molar-refractivity contribution in [1.29, 1.82) is 0 Å². The highest BCUT2D eigenvalue weighted by Crippen LogP contribution is 2.23. The average Bonchev–Trinajstić information content (AvgIpc) is 2.74. The second-order valence-electron chi connectivity index (χ2n) is 7.35. The van der Waals surface area contributed by atoms with Crippen molar-refractivity contribution >= 4 is 17.6 Å². The van der Waals surface area contributed by atoms with Crippen LogP contribution in [-0.2, 0) is 16.0 Å². The Morgan fingerprint density at radius 2 is 1.70 bits per heavy atom. The number of hydrazine groups is 1. The molecule has 0 saturated carbocycles. The van der Waals surface area contributed by atoms with Gasteiger partial charge in [-0.25, -0.2) is 15.2 Å². The van der Waals surface area contributed by atoms with Gasteiger partial charge in [0.05, 0.1) is 24.0 Å². The minimum absolute atomic E-state index is 0.0250. The topological polar surface area (TPSA) is 99.1 Å². The van der Waals surface area contributed by atoms with Crippen molar-refractivity contribution < 1.29 is 24.5 Å².